The minimum absolute atomic E-state index is 0.0435. The first-order valence-electron chi connectivity index (χ1n) is 7.31. The highest BCUT2D eigenvalue weighted by molar-refractivity contribution is 7.18. The fourth-order valence-corrected chi connectivity index (χ4v) is 3.74. The molecule has 1 fully saturated rings. The summed E-state index contributed by atoms with van der Waals surface area (Å²) in [4.78, 5) is 16.3. The molecule has 0 N–H and O–H groups in total. The number of nitrogens with zero attached hydrogens (tertiary/aromatic N) is 1. The van der Waals surface area contributed by atoms with Crippen LogP contribution in [0.25, 0.3) is 10.2 Å². The van der Waals surface area contributed by atoms with Crippen LogP contribution < -0.4 is 0 Å². The summed E-state index contributed by atoms with van der Waals surface area (Å²) < 4.78 is 6.53. The van der Waals surface area contributed by atoms with E-state index < -0.39 is 0 Å². The first kappa shape index (κ1) is 13.6. The molecule has 3 nitrogen and oxygen atoms in total. The molecule has 1 saturated carbocycles. The van der Waals surface area contributed by atoms with E-state index in [2.05, 4.69) is 11.1 Å². The molecular weight excluding hydrogens is 270 g/mol. The van der Waals surface area contributed by atoms with Crippen molar-refractivity contribution in [1.82, 2.24) is 4.98 Å². The molecule has 1 aliphatic carbocycles. The Morgan fingerprint density at radius 3 is 2.90 bits per heavy atom. The van der Waals surface area contributed by atoms with E-state index >= 15 is 0 Å². The largest absolute Gasteiger partial charge is 0.465 e. The maximum atomic E-state index is 11.7. The predicted molar refractivity (Wildman–Crippen MR) is 80.9 cm³/mol. The van der Waals surface area contributed by atoms with Crippen molar-refractivity contribution in [2.45, 2.75) is 38.5 Å². The number of hydrogen-bond acceptors (Lipinski definition) is 4. The van der Waals surface area contributed by atoms with Gasteiger partial charge in [-0.25, -0.2) is 4.98 Å². The Morgan fingerprint density at radius 2 is 2.10 bits per heavy atom. The lowest BCUT2D eigenvalue weighted by Gasteiger charge is -2.08. The van der Waals surface area contributed by atoms with Crippen LogP contribution in [-0.2, 0) is 16.0 Å². The normalized spacial score (nSPS) is 15.8. The Labute approximate surface area is 123 Å². The van der Waals surface area contributed by atoms with Gasteiger partial charge in [-0.1, -0.05) is 25.0 Å². The quantitative estimate of drug-likeness (QED) is 0.782. The highest BCUT2D eigenvalue weighted by atomic mass is 32.1. The fraction of sp³-hybridized carbons (Fsp3) is 0.500. The van der Waals surface area contributed by atoms with Gasteiger partial charge >= 0.3 is 5.97 Å². The van der Waals surface area contributed by atoms with E-state index in [1.54, 1.807) is 11.3 Å². The number of benzene rings is 1. The summed E-state index contributed by atoms with van der Waals surface area (Å²) in [5, 5.41) is 1.04. The van der Waals surface area contributed by atoms with Gasteiger partial charge in [0, 0.05) is 12.8 Å². The van der Waals surface area contributed by atoms with Gasteiger partial charge in [-0.15, -0.1) is 11.3 Å². The summed E-state index contributed by atoms with van der Waals surface area (Å²) >= 11 is 1.68. The number of fused-ring (bicyclic) bond motifs is 1. The van der Waals surface area contributed by atoms with Gasteiger partial charge in [0.05, 0.1) is 21.8 Å². The van der Waals surface area contributed by atoms with Gasteiger partial charge < -0.3 is 4.74 Å². The minimum atomic E-state index is -0.0435. The molecule has 0 aliphatic heterocycles. The Bertz CT molecular complexity index is 554. The molecule has 3 rings (SSSR count). The van der Waals surface area contributed by atoms with E-state index in [4.69, 9.17) is 4.74 Å². The molecule has 20 heavy (non-hydrogen) atoms. The van der Waals surface area contributed by atoms with Crippen LogP contribution in [0.4, 0.5) is 0 Å². The second-order valence-electron chi connectivity index (χ2n) is 5.40. The van der Waals surface area contributed by atoms with Gasteiger partial charge in [-0.2, -0.15) is 0 Å². The van der Waals surface area contributed by atoms with Crippen LogP contribution in [0.15, 0.2) is 24.3 Å². The van der Waals surface area contributed by atoms with Crippen LogP contribution in [0.3, 0.4) is 0 Å². The van der Waals surface area contributed by atoms with E-state index in [1.165, 1.54) is 30.4 Å². The number of para-hydroxylation sites is 1. The summed E-state index contributed by atoms with van der Waals surface area (Å²) in [6.45, 7) is 0.450. The number of carbonyl (C=O) groups excluding carboxylic acids is 1. The summed E-state index contributed by atoms with van der Waals surface area (Å²) in [7, 11) is 0. The molecule has 0 bridgehead atoms. The summed E-state index contributed by atoms with van der Waals surface area (Å²) in [5.41, 5.74) is 1.03. The van der Waals surface area contributed by atoms with Gasteiger partial charge in [-0.3, -0.25) is 4.79 Å². The average Bonchev–Trinajstić information content (AvgIpc) is 3.07. The lowest BCUT2D eigenvalue weighted by atomic mass is 10.0. The van der Waals surface area contributed by atoms with E-state index in [-0.39, 0.29) is 5.97 Å². The molecule has 1 aromatic heterocycles. The minimum Gasteiger partial charge on any atom is -0.465 e. The van der Waals surface area contributed by atoms with E-state index in [9.17, 15) is 4.79 Å². The zero-order valence-electron chi connectivity index (χ0n) is 11.5. The van der Waals surface area contributed by atoms with Gasteiger partial charge in [-0.05, 0) is 30.9 Å². The second kappa shape index (κ2) is 6.35. The molecule has 0 unspecified atom stereocenters. The third kappa shape index (κ3) is 3.37. The van der Waals surface area contributed by atoms with E-state index in [1.807, 2.05) is 18.2 Å². The average molecular weight is 289 g/mol. The number of aromatic nitrogens is 1. The SMILES string of the molecule is O=C(CC1CCCC1)OCCc1nc2ccccc2s1. The van der Waals surface area contributed by atoms with Crippen molar-refractivity contribution in [1.29, 1.82) is 0 Å². The van der Waals surface area contributed by atoms with Crippen LogP contribution in [0.1, 0.15) is 37.1 Å². The zero-order chi connectivity index (χ0) is 13.8. The summed E-state index contributed by atoms with van der Waals surface area (Å²) in [6.07, 6.45) is 6.23. The van der Waals surface area contributed by atoms with Crippen LogP contribution in [0.2, 0.25) is 0 Å². The molecule has 0 saturated heterocycles. The summed E-state index contributed by atoms with van der Waals surface area (Å²) in [6, 6.07) is 8.10. The predicted octanol–water partition coefficient (Wildman–Crippen LogP) is 3.96. The fourth-order valence-electron chi connectivity index (χ4n) is 2.79. The standard InChI is InChI=1S/C16H19NO2S/c18-16(11-12-5-1-2-6-12)19-10-9-15-17-13-7-3-4-8-14(13)20-15/h3-4,7-8,12H,1-2,5-6,9-11H2. The van der Waals surface area contributed by atoms with Crippen molar-refractivity contribution in [2.24, 2.45) is 5.92 Å². The van der Waals surface area contributed by atoms with Crippen molar-refractivity contribution < 1.29 is 9.53 Å². The van der Waals surface area contributed by atoms with Crippen molar-refractivity contribution >= 4 is 27.5 Å². The number of thiazole rings is 1. The van der Waals surface area contributed by atoms with Crippen molar-refractivity contribution in [3.8, 4) is 0 Å². The Kier molecular flexibility index (Phi) is 4.31. The van der Waals surface area contributed by atoms with Gasteiger partial charge in [0.1, 0.15) is 0 Å². The van der Waals surface area contributed by atoms with Gasteiger partial charge in [0.25, 0.3) is 0 Å². The van der Waals surface area contributed by atoms with Gasteiger partial charge in [0.2, 0.25) is 0 Å². The molecule has 0 amide bonds. The highest BCUT2D eigenvalue weighted by Gasteiger charge is 2.19. The maximum absolute atomic E-state index is 11.7. The highest BCUT2D eigenvalue weighted by Crippen LogP contribution is 2.27. The third-order valence-electron chi connectivity index (χ3n) is 3.85. The first-order valence-corrected chi connectivity index (χ1v) is 8.13. The smallest absolute Gasteiger partial charge is 0.306 e. The first-order chi connectivity index (χ1) is 9.81. The molecule has 4 heteroatoms. The topological polar surface area (TPSA) is 39.2 Å². The van der Waals surface area contributed by atoms with E-state index in [0.29, 0.717) is 18.9 Å². The zero-order valence-corrected chi connectivity index (χ0v) is 12.3. The van der Waals surface area contributed by atoms with Crippen LogP contribution in [-0.4, -0.2) is 17.6 Å². The number of rotatable bonds is 5. The second-order valence-corrected chi connectivity index (χ2v) is 6.52. The lowest BCUT2D eigenvalue weighted by Crippen LogP contribution is -2.11. The molecule has 2 aromatic rings. The number of carbonyl (C=O) groups is 1. The molecule has 1 aromatic carbocycles. The van der Waals surface area contributed by atoms with Crippen LogP contribution >= 0.6 is 11.3 Å². The number of esters is 1. The van der Waals surface area contributed by atoms with Crippen LogP contribution in [0.5, 0.6) is 0 Å². The maximum Gasteiger partial charge on any atom is 0.306 e. The Balaban J connectivity index is 1.45. The molecule has 0 spiro atoms. The Morgan fingerprint density at radius 1 is 1.30 bits per heavy atom. The molecular formula is C16H19NO2S. The van der Waals surface area contributed by atoms with Crippen molar-refractivity contribution in [3.05, 3.63) is 29.3 Å². The lowest BCUT2D eigenvalue weighted by molar-refractivity contribution is -0.144. The van der Waals surface area contributed by atoms with Crippen LogP contribution in [0, 0.1) is 5.92 Å². The monoisotopic (exact) mass is 289 g/mol. The number of ether oxygens (including phenoxy) is 1. The van der Waals surface area contributed by atoms with E-state index in [0.717, 1.165) is 16.9 Å². The molecule has 0 atom stereocenters. The molecule has 1 aliphatic rings. The third-order valence-corrected chi connectivity index (χ3v) is 4.94. The molecule has 0 radical (unpaired) electrons. The molecule has 106 valence electrons. The number of hydrogen-bond donors (Lipinski definition) is 0. The molecule has 1 heterocycles. The summed E-state index contributed by atoms with van der Waals surface area (Å²) in [5.74, 6) is 0.517. The van der Waals surface area contributed by atoms with Crippen molar-refractivity contribution in [2.75, 3.05) is 6.61 Å². The Hall–Kier alpha value is -1.42. The van der Waals surface area contributed by atoms with Gasteiger partial charge in [0.15, 0.2) is 0 Å². The van der Waals surface area contributed by atoms with Crippen molar-refractivity contribution in [3.63, 3.8) is 0 Å².